The molecule has 3 nitrogen and oxygen atoms in total. The van der Waals surface area contributed by atoms with Crippen molar-refractivity contribution in [1.29, 1.82) is 0 Å². The van der Waals surface area contributed by atoms with Gasteiger partial charge in [0.05, 0.1) is 5.41 Å². The molecule has 0 N–H and O–H groups in total. The van der Waals surface area contributed by atoms with E-state index in [-0.39, 0.29) is 5.41 Å². The van der Waals surface area contributed by atoms with Crippen molar-refractivity contribution in [2.45, 2.75) is 59.3 Å². The summed E-state index contributed by atoms with van der Waals surface area (Å²) in [5.41, 5.74) is 0.836. The number of ketones is 1. The van der Waals surface area contributed by atoms with Gasteiger partial charge in [-0.25, -0.2) is 0 Å². The van der Waals surface area contributed by atoms with Crippen molar-refractivity contribution < 1.29 is 4.79 Å². The minimum atomic E-state index is -0.360. The molecule has 0 amide bonds. The highest BCUT2D eigenvalue weighted by atomic mass is 16.1. The monoisotopic (exact) mass is 346 g/mol. The van der Waals surface area contributed by atoms with E-state index in [2.05, 4.69) is 61.8 Å². The lowest BCUT2D eigenvalue weighted by Crippen LogP contribution is -2.42. The first kappa shape index (κ1) is 21.9. The molecule has 1 rings (SSSR count). The summed E-state index contributed by atoms with van der Waals surface area (Å²) in [7, 11) is 0. The van der Waals surface area contributed by atoms with E-state index in [1.165, 1.54) is 5.56 Å². The zero-order chi connectivity index (χ0) is 18.7. The van der Waals surface area contributed by atoms with E-state index in [1.54, 1.807) is 0 Å². The normalized spacial score (nSPS) is 12.1. The minimum Gasteiger partial charge on any atom is -0.304 e. The molecule has 0 unspecified atom stereocenters. The molecule has 3 heteroatoms. The Kier molecular flexibility index (Phi) is 9.99. The second kappa shape index (κ2) is 11.4. The van der Waals surface area contributed by atoms with Crippen molar-refractivity contribution in [2.75, 3.05) is 39.3 Å². The average Bonchev–Trinajstić information content (AvgIpc) is 2.67. The third-order valence-electron chi connectivity index (χ3n) is 5.68. The van der Waals surface area contributed by atoms with Gasteiger partial charge in [-0.15, -0.1) is 0 Å². The highest BCUT2D eigenvalue weighted by Gasteiger charge is 2.38. The first-order valence-electron chi connectivity index (χ1n) is 10.1. The summed E-state index contributed by atoms with van der Waals surface area (Å²) in [6.45, 7) is 16.9. The Balaban J connectivity index is 3.16. The predicted octanol–water partition coefficient (Wildman–Crippen LogP) is 4.37. The summed E-state index contributed by atoms with van der Waals surface area (Å²) >= 11 is 0. The smallest absolute Gasteiger partial charge is 0.143 e. The molecule has 0 heterocycles. The first-order valence-corrected chi connectivity index (χ1v) is 10.1. The largest absolute Gasteiger partial charge is 0.304 e. The Morgan fingerprint density at radius 2 is 1.24 bits per heavy atom. The number of hydrogen-bond acceptors (Lipinski definition) is 3. The lowest BCUT2D eigenvalue weighted by Gasteiger charge is -2.36. The van der Waals surface area contributed by atoms with Crippen LogP contribution >= 0.6 is 0 Å². The molecule has 0 saturated carbocycles. The fraction of sp³-hybridized carbons (Fsp3) is 0.682. The molecule has 142 valence electrons. The molecule has 1 aromatic carbocycles. The van der Waals surface area contributed by atoms with E-state index >= 15 is 0 Å². The fourth-order valence-corrected chi connectivity index (χ4v) is 3.73. The summed E-state index contributed by atoms with van der Waals surface area (Å²) < 4.78 is 0. The van der Waals surface area contributed by atoms with Gasteiger partial charge in [0.1, 0.15) is 5.78 Å². The molecule has 0 radical (unpaired) electrons. The predicted molar refractivity (Wildman–Crippen MR) is 108 cm³/mol. The molecule has 0 aliphatic heterocycles. The molecule has 0 fully saturated rings. The van der Waals surface area contributed by atoms with Crippen molar-refractivity contribution >= 4 is 5.78 Å². The maximum atomic E-state index is 13.2. The molecule has 0 saturated heterocycles. The first-order chi connectivity index (χ1) is 12.1. The van der Waals surface area contributed by atoms with Crippen molar-refractivity contribution in [3.63, 3.8) is 0 Å². The van der Waals surface area contributed by atoms with E-state index in [4.69, 9.17) is 0 Å². The van der Waals surface area contributed by atoms with Gasteiger partial charge in [0, 0.05) is 6.42 Å². The third kappa shape index (κ3) is 5.93. The molecule has 1 aromatic rings. The highest BCUT2D eigenvalue weighted by molar-refractivity contribution is 5.90. The van der Waals surface area contributed by atoms with E-state index < -0.39 is 0 Å². The molecule has 0 aliphatic rings. The van der Waals surface area contributed by atoms with Crippen LogP contribution in [-0.2, 0) is 10.2 Å². The van der Waals surface area contributed by atoms with Crippen LogP contribution in [0.5, 0.6) is 0 Å². The molecule has 0 atom stereocenters. The van der Waals surface area contributed by atoms with Crippen LogP contribution in [0.2, 0.25) is 0 Å². The van der Waals surface area contributed by atoms with Crippen LogP contribution in [0.25, 0.3) is 0 Å². The maximum absolute atomic E-state index is 13.2. The van der Waals surface area contributed by atoms with E-state index in [0.29, 0.717) is 12.2 Å². The number of carbonyl (C=O) groups is 1. The summed E-state index contributed by atoms with van der Waals surface area (Å²) in [5, 5.41) is 0. The Hall–Kier alpha value is -1.19. The van der Waals surface area contributed by atoms with Crippen LogP contribution in [0.1, 0.15) is 59.4 Å². The summed E-state index contributed by atoms with van der Waals surface area (Å²) in [5.74, 6) is 0.387. The fourth-order valence-electron chi connectivity index (χ4n) is 3.73. The van der Waals surface area contributed by atoms with Crippen LogP contribution in [0.4, 0.5) is 0 Å². The second-order valence-corrected chi connectivity index (χ2v) is 6.78. The molecule has 0 bridgehead atoms. The van der Waals surface area contributed by atoms with Gasteiger partial charge in [0.15, 0.2) is 0 Å². The quantitative estimate of drug-likeness (QED) is 0.530. The minimum absolute atomic E-state index is 0.360. The second-order valence-electron chi connectivity index (χ2n) is 6.78. The molecule has 25 heavy (non-hydrogen) atoms. The van der Waals surface area contributed by atoms with Gasteiger partial charge < -0.3 is 9.80 Å². The van der Waals surface area contributed by atoms with Crippen LogP contribution in [0.15, 0.2) is 30.3 Å². The van der Waals surface area contributed by atoms with Crippen LogP contribution in [0, 0.1) is 0 Å². The van der Waals surface area contributed by atoms with Crippen LogP contribution in [-0.4, -0.2) is 54.9 Å². The number of Topliss-reactive ketones (excluding diaryl/α,β-unsaturated/α-hetero) is 1. The average molecular weight is 347 g/mol. The van der Waals surface area contributed by atoms with Crippen molar-refractivity contribution in [3.05, 3.63) is 35.9 Å². The summed E-state index contributed by atoms with van der Waals surface area (Å²) in [6, 6.07) is 10.5. The SMILES string of the molecule is CCC(=O)C(CCN(CC)CC)(CCN(CC)CC)c1ccccc1. The topological polar surface area (TPSA) is 23.6 Å². The Labute approximate surface area is 155 Å². The Bertz CT molecular complexity index is 462. The molecule has 0 aromatic heterocycles. The van der Waals surface area contributed by atoms with Gasteiger partial charge in [-0.2, -0.15) is 0 Å². The Morgan fingerprint density at radius 1 is 0.800 bits per heavy atom. The highest BCUT2D eigenvalue weighted by Crippen LogP contribution is 2.35. The van der Waals surface area contributed by atoms with Gasteiger partial charge in [0.2, 0.25) is 0 Å². The van der Waals surface area contributed by atoms with Crippen molar-refractivity contribution in [1.82, 2.24) is 9.80 Å². The summed E-state index contributed by atoms with van der Waals surface area (Å²) in [4.78, 5) is 18.0. The van der Waals surface area contributed by atoms with Gasteiger partial charge in [-0.3, -0.25) is 4.79 Å². The number of carbonyl (C=O) groups excluding carboxylic acids is 1. The number of rotatable bonds is 13. The van der Waals surface area contributed by atoms with Crippen LogP contribution < -0.4 is 0 Å². The zero-order valence-corrected chi connectivity index (χ0v) is 17.1. The zero-order valence-electron chi connectivity index (χ0n) is 17.1. The van der Waals surface area contributed by atoms with E-state index in [9.17, 15) is 4.79 Å². The van der Waals surface area contributed by atoms with Gasteiger partial charge in [-0.05, 0) is 57.7 Å². The van der Waals surface area contributed by atoms with Gasteiger partial charge in [-0.1, -0.05) is 65.0 Å². The van der Waals surface area contributed by atoms with E-state index in [0.717, 1.165) is 52.1 Å². The lowest BCUT2D eigenvalue weighted by molar-refractivity contribution is -0.125. The molecular formula is C22H38N2O. The van der Waals surface area contributed by atoms with Crippen molar-refractivity contribution in [3.8, 4) is 0 Å². The van der Waals surface area contributed by atoms with E-state index in [1.807, 2.05) is 13.0 Å². The number of hydrogen-bond donors (Lipinski definition) is 0. The maximum Gasteiger partial charge on any atom is 0.143 e. The number of benzene rings is 1. The Morgan fingerprint density at radius 3 is 1.60 bits per heavy atom. The molecule has 0 aliphatic carbocycles. The molecular weight excluding hydrogens is 308 g/mol. The number of nitrogens with zero attached hydrogens (tertiary/aromatic N) is 2. The standard InChI is InChI=1S/C22H38N2O/c1-6-21(25)22(16-18-23(7-2)8-3,17-19-24(9-4)10-5)20-14-12-11-13-15-20/h11-15H,6-10,16-19H2,1-5H3. The third-order valence-corrected chi connectivity index (χ3v) is 5.68. The van der Waals surface area contributed by atoms with Crippen molar-refractivity contribution in [2.24, 2.45) is 0 Å². The van der Waals surface area contributed by atoms with Gasteiger partial charge >= 0.3 is 0 Å². The lowest BCUT2D eigenvalue weighted by atomic mass is 9.70. The van der Waals surface area contributed by atoms with Crippen LogP contribution in [0.3, 0.4) is 0 Å². The van der Waals surface area contributed by atoms with Gasteiger partial charge in [0.25, 0.3) is 0 Å². The molecule has 0 spiro atoms. The summed E-state index contributed by atoms with van der Waals surface area (Å²) in [6.07, 6.45) is 2.42.